The number of halogens is 1. The third-order valence-electron chi connectivity index (χ3n) is 2.98. The highest BCUT2D eigenvalue weighted by molar-refractivity contribution is 7.17. The maximum absolute atomic E-state index is 13.0. The van der Waals surface area contributed by atoms with Crippen LogP contribution < -0.4 is 5.32 Å². The van der Waals surface area contributed by atoms with Crippen molar-refractivity contribution in [1.82, 2.24) is 10.3 Å². The molecule has 1 heterocycles. The Morgan fingerprint density at radius 1 is 1.30 bits per heavy atom. The minimum atomic E-state index is -0.583. The van der Waals surface area contributed by atoms with Crippen molar-refractivity contribution in [3.8, 4) is 10.6 Å². The van der Waals surface area contributed by atoms with Gasteiger partial charge in [0, 0.05) is 12.1 Å². The highest BCUT2D eigenvalue weighted by atomic mass is 32.1. The van der Waals surface area contributed by atoms with E-state index in [0.29, 0.717) is 22.1 Å². The van der Waals surface area contributed by atoms with Crippen LogP contribution >= 0.6 is 11.3 Å². The quantitative estimate of drug-likeness (QED) is 0.824. The van der Waals surface area contributed by atoms with Gasteiger partial charge in [-0.25, -0.2) is 14.2 Å². The lowest BCUT2D eigenvalue weighted by molar-refractivity contribution is -0.124. The number of thiazole rings is 1. The van der Waals surface area contributed by atoms with Crippen LogP contribution in [0.4, 0.5) is 4.39 Å². The van der Waals surface area contributed by atoms with Gasteiger partial charge in [-0.05, 0) is 37.6 Å². The summed E-state index contributed by atoms with van der Waals surface area (Å²) in [7, 11) is 0. The Hall–Kier alpha value is -2.28. The summed E-state index contributed by atoms with van der Waals surface area (Å²) in [5, 5.41) is 3.23. The molecule has 0 unspecified atom stereocenters. The number of amides is 1. The zero-order valence-electron chi connectivity index (χ0n) is 12.9. The van der Waals surface area contributed by atoms with Crippen molar-refractivity contribution in [2.24, 2.45) is 0 Å². The van der Waals surface area contributed by atoms with Crippen molar-refractivity contribution >= 4 is 23.2 Å². The number of hydrogen-bond acceptors (Lipinski definition) is 5. The molecule has 1 aromatic heterocycles. The average Bonchev–Trinajstić information content (AvgIpc) is 2.93. The summed E-state index contributed by atoms with van der Waals surface area (Å²) >= 11 is 1.16. The second kappa shape index (κ2) is 7.82. The number of carbonyl (C=O) groups excluding carboxylic acids is 2. The van der Waals surface area contributed by atoms with Crippen molar-refractivity contribution in [1.29, 1.82) is 0 Å². The number of nitrogens with zero attached hydrogens (tertiary/aromatic N) is 1. The third kappa shape index (κ3) is 4.59. The molecule has 0 saturated heterocycles. The first-order valence-corrected chi connectivity index (χ1v) is 8.00. The second-order valence-corrected chi connectivity index (χ2v) is 5.87. The summed E-state index contributed by atoms with van der Waals surface area (Å²) in [5.74, 6) is -1.25. The monoisotopic (exact) mass is 336 g/mol. The van der Waals surface area contributed by atoms with Gasteiger partial charge in [0.1, 0.15) is 15.7 Å². The van der Waals surface area contributed by atoms with E-state index < -0.39 is 5.97 Å². The van der Waals surface area contributed by atoms with Crippen LogP contribution in [-0.4, -0.2) is 30.0 Å². The Kier molecular flexibility index (Phi) is 5.81. The van der Waals surface area contributed by atoms with Crippen LogP contribution in [-0.2, 0) is 9.53 Å². The number of hydrogen-bond donors (Lipinski definition) is 1. The molecule has 0 aliphatic heterocycles. The molecule has 0 aliphatic rings. The smallest absolute Gasteiger partial charge is 0.350 e. The van der Waals surface area contributed by atoms with Gasteiger partial charge < -0.3 is 10.1 Å². The topological polar surface area (TPSA) is 68.3 Å². The van der Waals surface area contributed by atoms with Crippen LogP contribution in [0.5, 0.6) is 0 Å². The Balaban J connectivity index is 2.04. The zero-order chi connectivity index (χ0) is 16.8. The fraction of sp³-hybridized carbons (Fsp3) is 0.312. The van der Waals surface area contributed by atoms with E-state index in [1.54, 1.807) is 19.1 Å². The number of carbonyl (C=O) groups is 2. The maximum atomic E-state index is 13.0. The van der Waals surface area contributed by atoms with Crippen LogP contribution in [0.25, 0.3) is 10.6 Å². The predicted octanol–water partition coefficient (Wildman–Crippen LogP) is 2.94. The molecule has 0 radical (unpaired) electrons. The summed E-state index contributed by atoms with van der Waals surface area (Å²) in [6.45, 7) is 3.86. The summed E-state index contributed by atoms with van der Waals surface area (Å²) in [4.78, 5) is 28.1. The van der Waals surface area contributed by atoms with E-state index >= 15 is 0 Å². The van der Waals surface area contributed by atoms with Crippen LogP contribution in [0.1, 0.15) is 28.7 Å². The van der Waals surface area contributed by atoms with E-state index in [9.17, 15) is 14.0 Å². The van der Waals surface area contributed by atoms with E-state index in [2.05, 4.69) is 10.3 Å². The van der Waals surface area contributed by atoms with Gasteiger partial charge in [-0.2, -0.15) is 0 Å². The molecule has 0 atom stereocenters. The van der Waals surface area contributed by atoms with Gasteiger partial charge in [0.15, 0.2) is 6.61 Å². The minimum Gasteiger partial charge on any atom is -0.451 e. The summed E-state index contributed by atoms with van der Waals surface area (Å²) < 4.78 is 17.9. The zero-order valence-corrected chi connectivity index (χ0v) is 13.7. The third-order valence-corrected chi connectivity index (χ3v) is 4.17. The van der Waals surface area contributed by atoms with Crippen molar-refractivity contribution in [2.75, 3.05) is 13.2 Å². The minimum absolute atomic E-state index is 0.317. The van der Waals surface area contributed by atoms with Gasteiger partial charge in [0.2, 0.25) is 0 Å². The Labute approximate surface area is 137 Å². The fourth-order valence-electron chi connectivity index (χ4n) is 1.81. The molecule has 5 nitrogen and oxygen atoms in total. The molecule has 1 amide bonds. The van der Waals surface area contributed by atoms with E-state index in [0.717, 1.165) is 23.3 Å². The summed E-state index contributed by atoms with van der Waals surface area (Å²) in [5.41, 5.74) is 1.24. The highest BCUT2D eigenvalue weighted by Crippen LogP contribution is 2.28. The number of aromatic nitrogens is 1. The predicted molar refractivity (Wildman–Crippen MR) is 85.8 cm³/mol. The molecule has 0 bridgehead atoms. The Morgan fingerprint density at radius 3 is 2.65 bits per heavy atom. The number of rotatable bonds is 6. The molecule has 2 rings (SSSR count). The fourth-order valence-corrected chi connectivity index (χ4v) is 2.78. The molecule has 122 valence electrons. The van der Waals surface area contributed by atoms with Crippen LogP contribution in [0.15, 0.2) is 24.3 Å². The summed E-state index contributed by atoms with van der Waals surface area (Å²) in [6, 6.07) is 5.87. The maximum Gasteiger partial charge on any atom is 0.350 e. The summed E-state index contributed by atoms with van der Waals surface area (Å²) in [6.07, 6.45) is 0.814. The van der Waals surface area contributed by atoms with Gasteiger partial charge >= 0.3 is 5.97 Å². The first-order chi connectivity index (χ1) is 11.0. The standard InChI is InChI=1S/C16H17FN2O3S/c1-3-8-18-13(20)9-22-16(21)14-10(2)19-15(23-14)11-4-6-12(17)7-5-11/h4-7H,3,8-9H2,1-2H3,(H,18,20). The van der Waals surface area contributed by atoms with Gasteiger partial charge in [0.05, 0.1) is 5.69 Å². The largest absolute Gasteiger partial charge is 0.451 e. The molecule has 0 fully saturated rings. The molecule has 1 aromatic carbocycles. The highest BCUT2D eigenvalue weighted by Gasteiger charge is 2.18. The van der Waals surface area contributed by atoms with Gasteiger partial charge in [0.25, 0.3) is 5.91 Å². The van der Waals surface area contributed by atoms with Crippen LogP contribution in [0.3, 0.4) is 0 Å². The SMILES string of the molecule is CCCNC(=O)COC(=O)c1sc(-c2ccc(F)cc2)nc1C. The molecule has 2 aromatic rings. The molecule has 1 N–H and O–H groups in total. The number of esters is 1. The Morgan fingerprint density at radius 2 is 2.00 bits per heavy atom. The second-order valence-electron chi connectivity index (χ2n) is 4.87. The van der Waals surface area contributed by atoms with Gasteiger partial charge in [-0.3, -0.25) is 4.79 Å². The van der Waals surface area contributed by atoms with Crippen molar-refractivity contribution in [3.05, 3.63) is 40.7 Å². The van der Waals surface area contributed by atoms with Crippen LogP contribution in [0, 0.1) is 12.7 Å². The molecular weight excluding hydrogens is 319 g/mol. The number of aryl methyl sites for hydroxylation is 1. The van der Waals surface area contributed by atoms with Gasteiger partial charge in [-0.1, -0.05) is 6.92 Å². The molecule has 0 saturated carbocycles. The molecule has 7 heteroatoms. The molecule has 0 spiro atoms. The van der Waals surface area contributed by atoms with Crippen LogP contribution in [0.2, 0.25) is 0 Å². The van der Waals surface area contributed by atoms with Crippen molar-refractivity contribution in [2.45, 2.75) is 20.3 Å². The first-order valence-electron chi connectivity index (χ1n) is 7.18. The lowest BCUT2D eigenvalue weighted by Gasteiger charge is -2.04. The average molecular weight is 336 g/mol. The van der Waals surface area contributed by atoms with Gasteiger partial charge in [-0.15, -0.1) is 11.3 Å². The lowest BCUT2D eigenvalue weighted by Crippen LogP contribution is -2.29. The molecule has 0 aliphatic carbocycles. The van der Waals surface area contributed by atoms with E-state index in [-0.39, 0.29) is 18.3 Å². The number of ether oxygens (including phenoxy) is 1. The first kappa shape index (κ1) is 17.1. The van der Waals surface area contributed by atoms with Crippen molar-refractivity contribution in [3.63, 3.8) is 0 Å². The lowest BCUT2D eigenvalue weighted by atomic mass is 10.2. The number of benzene rings is 1. The van der Waals surface area contributed by atoms with E-state index in [1.165, 1.54) is 12.1 Å². The van der Waals surface area contributed by atoms with E-state index in [1.807, 2.05) is 6.92 Å². The molecular formula is C16H17FN2O3S. The normalized spacial score (nSPS) is 10.4. The Bertz CT molecular complexity index is 698. The van der Waals surface area contributed by atoms with Crippen molar-refractivity contribution < 1.29 is 18.7 Å². The number of nitrogens with one attached hydrogen (secondary N) is 1. The van der Waals surface area contributed by atoms with E-state index in [4.69, 9.17) is 4.74 Å². The molecule has 23 heavy (non-hydrogen) atoms.